The number of amides is 2. The van der Waals surface area contributed by atoms with E-state index in [0.29, 0.717) is 36.8 Å². The summed E-state index contributed by atoms with van der Waals surface area (Å²) in [5.74, 6) is 1.42. The zero-order valence-electron chi connectivity index (χ0n) is 14.0. The molecule has 25 heavy (non-hydrogen) atoms. The number of carbonyl (C=O) groups is 1. The highest BCUT2D eigenvalue weighted by Gasteiger charge is 2.31. The van der Waals surface area contributed by atoms with Crippen molar-refractivity contribution >= 4 is 17.4 Å². The van der Waals surface area contributed by atoms with E-state index in [1.54, 1.807) is 24.0 Å². The molecule has 0 bridgehead atoms. The number of morpholine rings is 1. The molecule has 8 heteroatoms. The second-order valence-corrected chi connectivity index (χ2v) is 5.87. The SMILES string of the molecule is Cc1ccc([C@H]2COCCN2C(=O)Nc2cccc([N+](=O)[O-])c2C)o1. The van der Waals surface area contributed by atoms with Crippen LogP contribution in [0.5, 0.6) is 0 Å². The molecule has 3 rings (SSSR count). The van der Waals surface area contributed by atoms with Gasteiger partial charge in [0.05, 0.1) is 29.4 Å². The third kappa shape index (κ3) is 3.48. The monoisotopic (exact) mass is 345 g/mol. The van der Waals surface area contributed by atoms with Crippen LogP contribution in [-0.2, 0) is 4.74 Å². The second-order valence-electron chi connectivity index (χ2n) is 5.87. The number of aryl methyl sites for hydroxylation is 1. The third-order valence-corrected chi connectivity index (χ3v) is 4.22. The number of urea groups is 1. The standard InChI is InChI=1S/C17H19N3O5/c1-11-6-7-16(25-11)15-10-24-9-8-19(15)17(21)18-13-4-3-5-14(12(13)2)20(22)23/h3-7,15H,8-10H2,1-2H3,(H,18,21)/t15-/m1/s1. The van der Waals surface area contributed by atoms with E-state index < -0.39 is 4.92 Å². The highest BCUT2D eigenvalue weighted by molar-refractivity contribution is 5.91. The fraction of sp³-hybridized carbons (Fsp3) is 0.353. The zero-order valence-corrected chi connectivity index (χ0v) is 14.0. The molecular weight excluding hydrogens is 326 g/mol. The van der Waals surface area contributed by atoms with Gasteiger partial charge in [0, 0.05) is 12.6 Å². The zero-order chi connectivity index (χ0) is 18.0. The van der Waals surface area contributed by atoms with Gasteiger partial charge in [-0.25, -0.2) is 4.79 Å². The van der Waals surface area contributed by atoms with Gasteiger partial charge in [-0.2, -0.15) is 0 Å². The fourth-order valence-corrected chi connectivity index (χ4v) is 2.86. The molecule has 0 unspecified atom stereocenters. The predicted molar refractivity (Wildman–Crippen MR) is 90.6 cm³/mol. The first-order chi connectivity index (χ1) is 12.0. The number of rotatable bonds is 3. The maximum atomic E-state index is 12.7. The van der Waals surface area contributed by atoms with Crippen molar-refractivity contribution in [3.8, 4) is 0 Å². The lowest BCUT2D eigenvalue weighted by molar-refractivity contribution is -0.385. The molecule has 1 saturated heterocycles. The number of benzene rings is 1. The molecular formula is C17H19N3O5. The summed E-state index contributed by atoms with van der Waals surface area (Å²) in [4.78, 5) is 25.0. The van der Waals surface area contributed by atoms with Gasteiger partial charge in [-0.1, -0.05) is 6.07 Å². The van der Waals surface area contributed by atoms with Gasteiger partial charge in [-0.15, -0.1) is 0 Å². The van der Waals surface area contributed by atoms with Crippen molar-refractivity contribution in [3.05, 3.63) is 57.5 Å². The van der Waals surface area contributed by atoms with Crippen LogP contribution in [0.2, 0.25) is 0 Å². The quantitative estimate of drug-likeness (QED) is 0.679. The van der Waals surface area contributed by atoms with Crippen LogP contribution in [0, 0.1) is 24.0 Å². The van der Waals surface area contributed by atoms with Crippen LogP contribution in [-0.4, -0.2) is 35.6 Å². The van der Waals surface area contributed by atoms with Gasteiger partial charge in [0.15, 0.2) is 0 Å². The van der Waals surface area contributed by atoms with Crippen LogP contribution in [0.25, 0.3) is 0 Å². The summed E-state index contributed by atoms with van der Waals surface area (Å²) in [6.45, 7) is 4.63. The smallest absolute Gasteiger partial charge is 0.322 e. The van der Waals surface area contributed by atoms with Gasteiger partial charge >= 0.3 is 6.03 Å². The van der Waals surface area contributed by atoms with Crippen LogP contribution >= 0.6 is 0 Å². The summed E-state index contributed by atoms with van der Waals surface area (Å²) in [6.07, 6.45) is 0. The van der Waals surface area contributed by atoms with Gasteiger partial charge in [0.2, 0.25) is 0 Å². The summed E-state index contributed by atoms with van der Waals surface area (Å²) in [5, 5.41) is 13.8. The molecule has 2 aromatic rings. The molecule has 1 aromatic heterocycles. The molecule has 8 nitrogen and oxygen atoms in total. The van der Waals surface area contributed by atoms with E-state index in [2.05, 4.69) is 5.32 Å². The van der Waals surface area contributed by atoms with Crippen LogP contribution < -0.4 is 5.32 Å². The summed E-state index contributed by atoms with van der Waals surface area (Å²) >= 11 is 0. The maximum Gasteiger partial charge on any atom is 0.322 e. The Labute approximate surface area is 144 Å². The Morgan fingerprint density at radius 2 is 2.12 bits per heavy atom. The molecule has 1 aliphatic rings. The molecule has 0 radical (unpaired) electrons. The minimum atomic E-state index is -0.464. The average molecular weight is 345 g/mol. The first kappa shape index (κ1) is 17.0. The minimum Gasteiger partial charge on any atom is -0.464 e. The molecule has 2 heterocycles. The molecule has 1 atom stereocenters. The lowest BCUT2D eigenvalue weighted by atomic mass is 10.1. The average Bonchev–Trinajstić information content (AvgIpc) is 3.02. The molecule has 1 aromatic carbocycles. The molecule has 0 saturated carbocycles. The van der Waals surface area contributed by atoms with Gasteiger partial charge in [-0.05, 0) is 32.0 Å². The van der Waals surface area contributed by atoms with Crippen molar-refractivity contribution in [2.75, 3.05) is 25.1 Å². The number of nitrogens with zero attached hydrogens (tertiary/aromatic N) is 2. The first-order valence-corrected chi connectivity index (χ1v) is 7.93. The fourth-order valence-electron chi connectivity index (χ4n) is 2.86. The molecule has 0 aliphatic carbocycles. The van der Waals surface area contributed by atoms with Crippen molar-refractivity contribution < 1.29 is 18.9 Å². The summed E-state index contributed by atoms with van der Waals surface area (Å²) < 4.78 is 11.1. The summed E-state index contributed by atoms with van der Waals surface area (Å²) in [7, 11) is 0. The number of ether oxygens (including phenoxy) is 1. The molecule has 2 amide bonds. The topological polar surface area (TPSA) is 97.8 Å². The van der Waals surface area contributed by atoms with Crippen LogP contribution in [0.15, 0.2) is 34.7 Å². The number of hydrogen-bond donors (Lipinski definition) is 1. The number of nitro groups is 1. The number of furan rings is 1. The maximum absolute atomic E-state index is 12.7. The van der Waals surface area contributed by atoms with Gasteiger partial charge in [0.1, 0.15) is 17.6 Å². The number of carbonyl (C=O) groups excluding carboxylic acids is 1. The number of anilines is 1. The summed E-state index contributed by atoms with van der Waals surface area (Å²) in [6, 6.07) is 7.60. The Morgan fingerprint density at radius 3 is 2.80 bits per heavy atom. The van der Waals surface area contributed by atoms with Crippen LogP contribution in [0.3, 0.4) is 0 Å². The Kier molecular flexibility index (Phi) is 4.71. The Bertz CT molecular complexity index is 801. The van der Waals surface area contributed by atoms with Gasteiger partial charge in [0.25, 0.3) is 5.69 Å². The predicted octanol–water partition coefficient (Wildman–Crippen LogP) is 3.41. The molecule has 0 spiro atoms. The van der Waals surface area contributed by atoms with E-state index in [4.69, 9.17) is 9.15 Å². The van der Waals surface area contributed by atoms with E-state index in [0.717, 1.165) is 5.76 Å². The van der Waals surface area contributed by atoms with Crippen LogP contribution in [0.1, 0.15) is 23.1 Å². The highest BCUT2D eigenvalue weighted by atomic mass is 16.6. The van der Waals surface area contributed by atoms with Crippen molar-refractivity contribution in [1.29, 1.82) is 0 Å². The molecule has 132 valence electrons. The number of hydrogen-bond acceptors (Lipinski definition) is 5. The Hall–Kier alpha value is -2.87. The van der Waals surface area contributed by atoms with E-state index >= 15 is 0 Å². The Morgan fingerprint density at radius 1 is 1.32 bits per heavy atom. The van der Waals surface area contributed by atoms with E-state index in [1.807, 2.05) is 19.1 Å². The highest BCUT2D eigenvalue weighted by Crippen LogP contribution is 2.29. The van der Waals surface area contributed by atoms with Crippen LogP contribution in [0.4, 0.5) is 16.2 Å². The van der Waals surface area contributed by atoms with E-state index in [-0.39, 0.29) is 17.8 Å². The van der Waals surface area contributed by atoms with Crippen molar-refractivity contribution in [2.45, 2.75) is 19.9 Å². The lowest BCUT2D eigenvalue weighted by Crippen LogP contribution is -2.45. The molecule has 1 N–H and O–H groups in total. The van der Waals surface area contributed by atoms with Gasteiger partial charge < -0.3 is 19.4 Å². The number of nitrogens with one attached hydrogen (secondary N) is 1. The summed E-state index contributed by atoms with van der Waals surface area (Å²) in [5.41, 5.74) is 0.803. The molecule has 1 aliphatic heterocycles. The van der Waals surface area contributed by atoms with Crippen molar-refractivity contribution in [1.82, 2.24) is 4.90 Å². The van der Waals surface area contributed by atoms with Gasteiger partial charge in [-0.3, -0.25) is 10.1 Å². The minimum absolute atomic E-state index is 0.0296. The third-order valence-electron chi connectivity index (χ3n) is 4.22. The largest absolute Gasteiger partial charge is 0.464 e. The lowest BCUT2D eigenvalue weighted by Gasteiger charge is -2.34. The number of nitro benzene ring substituents is 1. The molecule has 1 fully saturated rings. The second kappa shape index (κ2) is 6.94. The van der Waals surface area contributed by atoms with E-state index in [9.17, 15) is 14.9 Å². The Balaban J connectivity index is 1.82. The first-order valence-electron chi connectivity index (χ1n) is 7.93. The van der Waals surface area contributed by atoms with Crippen molar-refractivity contribution in [2.24, 2.45) is 0 Å². The normalized spacial score (nSPS) is 17.4. The van der Waals surface area contributed by atoms with E-state index in [1.165, 1.54) is 6.07 Å². The van der Waals surface area contributed by atoms with Crippen molar-refractivity contribution in [3.63, 3.8) is 0 Å².